The molecule has 96 valence electrons. The average molecular weight is 345 g/mol. The van der Waals surface area contributed by atoms with Crippen molar-refractivity contribution in [2.45, 2.75) is 25.9 Å². The second-order valence-corrected chi connectivity index (χ2v) is 6.54. The van der Waals surface area contributed by atoms with Crippen LogP contribution in [0.4, 0.5) is 0 Å². The van der Waals surface area contributed by atoms with Crippen molar-refractivity contribution < 1.29 is 0 Å². The van der Waals surface area contributed by atoms with Crippen LogP contribution in [-0.4, -0.2) is 0 Å². The zero-order valence-electron chi connectivity index (χ0n) is 10.3. The molecule has 0 aliphatic rings. The summed E-state index contributed by atoms with van der Waals surface area (Å²) in [5.74, 6) is 0. The van der Waals surface area contributed by atoms with Crippen molar-refractivity contribution in [1.29, 1.82) is 0 Å². The zero-order chi connectivity index (χ0) is 13.1. The third kappa shape index (κ3) is 3.35. The third-order valence-electron chi connectivity index (χ3n) is 2.89. The molecule has 0 amide bonds. The summed E-state index contributed by atoms with van der Waals surface area (Å²) in [5, 5.41) is 6.47. The Hall–Kier alpha value is -0.350. The third-order valence-corrected chi connectivity index (χ3v) is 5.18. The van der Waals surface area contributed by atoms with Gasteiger partial charge in [-0.2, -0.15) is 0 Å². The van der Waals surface area contributed by atoms with Gasteiger partial charge in [0.15, 0.2) is 0 Å². The number of benzene rings is 1. The van der Waals surface area contributed by atoms with Crippen molar-refractivity contribution >= 4 is 38.9 Å². The molecule has 1 nitrogen and oxygen atoms in total. The Morgan fingerprint density at radius 2 is 2.00 bits per heavy atom. The quantitative estimate of drug-likeness (QED) is 0.764. The lowest BCUT2D eigenvalue weighted by molar-refractivity contribution is 0.499. The fourth-order valence-electron chi connectivity index (χ4n) is 1.94. The van der Waals surface area contributed by atoms with E-state index < -0.39 is 0 Å². The van der Waals surface area contributed by atoms with Crippen molar-refractivity contribution in [3.8, 4) is 0 Å². The highest BCUT2D eigenvalue weighted by atomic mass is 79.9. The number of hydrogen-bond acceptors (Lipinski definition) is 2. The lowest BCUT2D eigenvalue weighted by Gasteiger charge is -2.20. The van der Waals surface area contributed by atoms with Gasteiger partial charge in [0.25, 0.3) is 0 Å². The zero-order valence-corrected chi connectivity index (χ0v) is 13.4. The first-order chi connectivity index (χ1) is 8.58. The van der Waals surface area contributed by atoms with E-state index >= 15 is 0 Å². The van der Waals surface area contributed by atoms with E-state index in [9.17, 15) is 0 Å². The molecule has 0 saturated carbocycles. The molecule has 2 unspecified atom stereocenters. The van der Waals surface area contributed by atoms with Gasteiger partial charge in [-0.15, -0.1) is 11.3 Å². The summed E-state index contributed by atoms with van der Waals surface area (Å²) in [4.78, 5) is 1.32. The molecule has 1 N–H and O–H groups in total. The van der Waals surface area contributed by atoms with Crippen LogP contribution in [0.2, 0.25) is 5.02 Å². The summed E-state index contributed by atoms with van der Waals surface area (Å²) in [6.45, 7) is 4.33. The average Bonchev–Trinajstić information content (AvgIpc) is 2.75. The van der Waals surface area contributed by atoms with Gasteiger partial charge in [-0.05, 0) is 58.9 Å². The maximum absolute atomic E-state index is 6.02. The van der Waals surface area contributed by atoms with Crippen LogP contribution < -0.4 is 5.32 Å². The summed E-state index contributed by atoms with van der Waals surface area (Å²) in [7, 11) is 0. The van der Waals surface area contributed by atoms with Gasteiger partial charge in [-0.25, -0.2) is 0 Å². The molecule has 1 aromatic heterocycles. The van der Waals surface area contributed by atoms with Crippen LogP contribution in [0, 0.1) is 0 Å². The highest BCUT2D eigenvalue weighted by Crippen LogP contribution is 2.30. The first kappa shape index (κ1) is 14.1. The van der Waals surface area contributed by atoms with Crippen molar-refractivity contribution in [2.24, 2.45) is 0 Å². The Morgan fingerprint density at radius 1 is 1.22 bits per heavy atom. The van der Waals surface area contributed by atoms with E-state index in [0.29, 0.717) is 6.04 Å². The Morgan fingerprint density at radius 3 is 2.61 bits per heavy atom. The van der Waals surface area contributed by atoms with Crippen LogP contribution in [0.25, 0.3) is 0 Å². The monoisotopic (exact) mass is 343 g/mol. The molecular weight excluding hydrogens is 330 g/mol. The summed E-state index contributed by atoms with van der Waals surface area (Å²) < 4.78 is 1.17. The topological polar surface area (TPSA) is 12.0 Å². The number of rotatable bonds is 4. The normalized spacial score (nSPS) is 14.4. The smallest absolute Gasteiger partial charge is 0.0409 e. The van der Waals surface area contributed by atoms with E-state index in [-0.39, 0.29) is 6.04 Å². The number of nitrogens with one attached hydrogen (secondary N) is 1. The minimum atomic E-state index is 0.271. The highest BCUT2D eigenvalue weighted by molar-refractivity contribution is 9.10. The fourth-order valence-corrected chi connectivity index (χ4v) is 3.87. The maximum atomic E-state index is 6.02. The largest absolute Gasteiger partial charge is 0.303 e. The second-order valence-electron chi connectivity index (χ2n) is 4.30. The van der Waals surface area contributed by atoms with E-state index in [1.165, 1.54) is 14.9 Å². The molecule has 0 bridgehead atoms. The molecule has 1 aromatic carbocycles. The number of hydrogen-bond donors (Lipinski definition) is 1. The van der Waals surface area contributed by atoms with Gasteiger partial charge in [0.2, 0.25) is 0 Å². The Balaban J connectivity index is 2.08. The van der Waals surface area contributed by atoms with Crippen molar-refractivity contribution in [3.05, 3.63) is 55.6 Å². The molecule has 0 aliphatic heterocycles. The van der Waals surface area contributed by atoms with E-state index in [1.807, 2.05) is 18.2 Å². The number of thiophene rings is 1. The molecule has 0 fully saturated rings. The summed E-state index contributed by atoms with van der Waals surface area (Å²) >= 11 is 11.4. The van der Waals surface area contributed by atoms with Gasteiger partial charge in [-0.3, -0.25) is 0 Å². The van der Waals surface area contributed by atoms with Crippen molar-refractivity contribution in [3.63, 3.8) is 0 Å². The molecule has 2 rings (SSSR count). The molecule has 2 atom stereocenters. The molecule has 0 spiro atoms. The molecule has 0 saturated heterocycles. The van der Waals surface area contributed by atoms with Crippen molar-refractivity contribution in [2.75, 3.05) is 0 Å². The van der Waals surface area contributed by atoms with Gasteiger partial charge in [-0.1, -0.05) is 23.7 Å². The van der Waals surface area contributed by atoms with Crippen molar-refractivity contribution in [1.82, 2.24) is 5.32 Å². The summed E-state index contributed by atoms with van der Waals surface area (Å²) in [6.07, 6.45) is 0. The van der Waals surface area contributed by atoms with E-state index in [4.69, 9.17) is 11.6 Å². The summed E-state index contributed by atoms with van der Waals surface area (Å²) in [6, 6.07) is 10.7. The predicted molar refractivity (Wildman–Crippen MR) is 83.4 cm³/mol. The molecule has 1 heterocycles. The lowest BCUT2D eigenvalue weighted by Crippen LogP contribution is -2.22. The Kier molecular flexibility index (Phi) is 4.84. The lowest BCUT2D eigenvalue weighted by atomic mass is 10.1. The number of halogens is 2. The standard InChI is InChI=1S/C14H15BrClNS/c1-9(11-4-3-5-12(16)8-11)17-10(2)14-13(15)6-7-18-14/h3-10,17H,1-2H3. The summed E-state index contributed by atoms with van der Waals surface area (Å²) in [5.41, 5.74) is 1.21. The van der Waals surface area contributed by atoms with Crippen LogP contribution in [0.1, 0.15) is 36.4 Å². The van der Waals surface area contributed by atoms with Gasteiger partial charge in [0, 0.05) is 26.5 Å². The minimum Gasteiger partial charge on any atom is -0.303 e. The second kappa shape index (κ2) is 6.20. The fraction of sp³-hybridized carbons (Fsp3) is 0.286. The van der Waals surface area contributed by atoms with E-state index in [1.54, 1.807) is 11.3 Å². The van der Waals surface area contributed by atoms with Crippen LogP contribution in [-0.2, 0) is 0 Å². The van der Waals surface area contributed by atoms with Gasteiger partial charge < -0.3 is 5.32 Å². The molecule has 4 heteroatoms. The predicted octanol–water partition coefficient (Wildman–Crippen LogP) is 5.58. The van der Waals surface area contributed by atoms with E-state index in [0.717, 1.165) is 5.02 Å². The van der Waals surface area contributed by atoms with Gasteiger partial charge in [0.1, 0.15) is 0 Å². The molecule has 0 aliphatic carbocycles. The molecule has 0 radical (unpaired) electrons. The van der Waals surface area contributed by atoms with Crippen LogP contribution in [0.15, 0.2) is 40.2 Å². The minimum absolute atomic E-state index is 0.271. The molecule has 2 aromatic rings. The van der Waals surface area contributed by atoms with Crippen LogP contribution in [0.5, 0.6) is 0 Å². The molecular formula is C14H15BrClNS. The SMILES string of the molecule is CC(NC(C)c1sccc1Br)c1cccc(Cl)c1. The van der Waals surface area contributed by atoms with E-state index in [2.05, 4.69) is 52.6 Å². The van der Waals surface area contributed by atoms with Crippen LogP contribution >= 0.6 is 38.9 Å². The van der Waals surface area contributed by atoms with Crippen LogP contribution in [0.3, 0.4) is 0 Å². The molecule has 18 heavy (non-hydrogen) atoms. The Bertz CT molecular complexity index is 526. The maximum Gasteiger partial charge on any atom is 0.0409 e. The van der Waals surface area contributed by atoms with Gasteiger partial charge in [0.05, 0.1) is 0 Å². The Labute approximate surface area is 125 Å². The first-order valence-corrected chi connectivity index (χ1v) is 7.87. The highest BCUT2D eigenvalue weighted by Gasteiger charge is 2.14. The van der Waals surface area contributed by atoms with Gasteiger partial charge >= 0.3 is 0 Å². The first-order valence-electron chi connectivity index (χ1n) is 5.82.